The molecule has 0 bridgehead atoms. The molecule has 1 saturated heterocycles. The van der Waals surface area contributed by atoms with Crippen molar-refractivity contribution in [1.29, 1.82) is 0 Å². The molecule has 1 fully saturated rings. The highest BCUT2D eigenvalue weighted by molar-refractivity contribution is 5.79. The van der Waals surface area contributed by atoms with Crippen molar-refractivity contribution in [3.63, 3.8) is 0 Å². The van der Waals surface area contributed by atoms with Gasteiger partial charge in [-0.2, -0.15) is 0 Å². The molecule has 1 aromatic carbocycles. The highest BCUT2D eigenvalue weighted by Gasteiger charge is 2.26. The topological polar surface area (TPSA) is 50.5 Å². The first kappa shape index (κ1) is 19.4. The SMILES string of the molecule is O=C(Cc1ccccc1)N1CCCC(c2cccc(-c3cnc4ccc(F)cn34)n2)C1. The van der Waals surface area contributed by atoms with Crippen LogP contribution in [0.25, 0.3) is 17.0 Å². The Bertz CT molecular complexity index is 1220. The molecule has 156 valence electrons. The predicted molar refractivity (Wildman–Crippen MR) is 117 cm³/mol. The summed E-state index contributed by atoms with van der Waals surface area (Å²) in [6.45, 7) is 1.46. The Labute approximate surface area is 180 Å². The summed E-state index contributed by atoms with van der Waals surface area (Å²) in [7, 11) is 0. The van der Waals surface area contributed by atoms with E-state index in [9.17, 15) is 9.18 Å². The van der Waals surface area contributed by atoms with Crippen LogP contribution in [0.1, 0.15) is 30.0 Å². The smallest absolute Gasteiger partial charge is 0.227 e. The second kappa shape index (κ2) is 8.30. The van der Waals surface area contributed by atoms with E-state index in [1.807, 2.05) is 53.4 Å². The van der Waals surface area contributed by atoms with Crippen molar-refractivity contribution in [3.05, 3.63) is 90.1 Å². The summed E-state index contributed by atoms with van der Waals surface area (Å²) in [5.41, 5.74) is 4.18. The lowest BCUT2D eigenvalue weighted by Crippen LogP contribution is -2.40. The number of halogens is 1. The first-order valence-electron chi connectivity index (χ1n) is 10.6. The fourth-order valence-electron chi connectivity index (χ4n) is 4.29. The zero-order chi connectivity index (χ0) is 21.2. The molecule has 0 N–H and O–H groups in total. The van der Waals surface area contributed by atoms with Crippen LogP contribution in [0.3, 0.4) is 0 Å². The molecule has 5 nitrogen and oxygen atoms in total. The molecule has 6 heteroatoms. The van der Waals surface area contributed by atoms with Gasteiger partial charge in [-0.15, -0.1) is 0 Å². The van der Waals surface area contributed by atoms with Gasteiger partial charge in [0.15, 0.2) is 0 Å². The third kappa shape index (κ3) is 4.06. The average Bonchev–Trinajstić information content (AvgIpc) is 3.23. The quantitative estimate of drug-likeness (QED) is 0.495. The van der Waals surface area contributed by atoms with Crippen molar-refractivity contribution in [2.45, 2.75) is 25.2 Å². The molecule has 0 spiro atoms. The van der Waals surface area contributed by atoms with Crippen LogP contribution in [-0.4, -0.2) is 38.3 Å². The third-order valence-electron chi connectivity index (χ3n) is 5.89. The number of benzene rings is 1. The van der Waals surface area contributed by atoms with E-state index in [0.717, 1.165) is 42.0 Å². The number of likely N-dealkylation sites (tertiary alicyclic amines) is 1. The van der Waals surface area contributed by atoms with Gasteiger partial charge >= 0.3 is 0 Å². The minimum absolute atomic E-state index is 0.157. The Balaban J connectivity index is 1.36. The third-order valence-corrected chi connectivity index (χ3v) is 5.89. The standard InChI is InChI=1S/C25H23FN4O/c26-20-11-12-24-27-15-23(30(24)17-20)22-10-4-9-21(28-22)19-8-5-13-29(16-19)25(31)14-18-6-2-1-3-7-18/h1-4,6-7,9-12,15,17,19H,5,8,13-14,16H2. The van der Waals surface area contributed by atoms with Crippen LogP contribution in [0.2, 0.25) is 0 Å². The summed E-state index contributed by atoms with van der Waals surface area (Å²) in [6, 6.07) is 18.8. The fourth-order valence-corrected chi connectivity index (χ4v) is 4.29. The van der Waals surface area contributed by atoms with Crippen LogP contribution in [0.15, 0.2) is 73.1 Å². The second-order valence-corrected chi connectivity index (χ2v) is 8.01. The van der Waals surface area contributed by atoms with Crippen molar-refractivity contribution >= 4 is 11.6 Å². The highest BCUT2D eigenvalue weighted by atomic mass is 19.1. The average molecular weight is 414 g/mol. The number of imidazole rings is 1. The van der Waals surface area contributed by atoms with Gasteiger partial charge in [0.1, 0.15) is 11.5 Å². The Morgan fingerprint density at radius 1 is 1.06 bits per heavy atom. The number of hydrogen-bond donors (Lipinski definition) is 0. The van der Waals surface area contributed by atoms with E-state index in [1.54, 1.807) is 16.7 Å². The van der Waals surface area contributed by atoms with Crippen LogP contribution in [0, 0.1) is 5.82 Å². The fraction of sp³-hybridized carbons (Fsp3) is 0.240. The second-order valence-electron chi connectivity index (χ2n) is 8.01. The van der Waals surface area contributed by atoms with Gasteiger partial charge in [-0.25, -0.2) is 9.37 Å². The van der Waals surface area contributed by atoms with Gasteiger partial charge in [0, 0.05) is 30.9 Å². The van der Waals surface area contributed by atoms with E-state index in [-0.39, 0.29) is 17.6 Å². The summed E-state index contributed by atoms with van der Waals surface area (Å²) >= 11 is 0. The summed E-state index contributed by atoms with van der Waals surface area (Å²) in [5, 5.41) is 0. The van der Waals surface area contributed by atoms with E-state index in [2.05, 4.69) is 4.98 Å². The molecule has 1 unspecified atom stereocenters. The normalized spacial score (nSPS) is 16.5. The van der Waals surface area contributed by atoms with Crippen molar-refractivity contribution < 1.29 is 9.18 Å². The van der Waals surface area contributed by atoms with Crippen molar-refractivity contribution in [2.75, 3.05) is 13.1 Å². The number of pyridine rings is 2. The van der Waals surface area contributed by atoms with Crippen molar-refractivity contribution in [3.8, 4) is 11.4 Å². The van der Waals surface area contributed by atoms with Crippen LogP contribution in [-0.2, 0) is 11.2 Å². The zero-order valence-corrected chi connectivity index (χ0v) is 17.1. The number of amides is 1. The van der Waals surface area contributed by atoms with Crippen LogP contribution < -0.4 is 0 Å². The molecule has 0 radical (unpaired) electrons. The minimum Gasteiger partial charge on any atom is -0.342 e. The van der Waals surface area contributed by atoms with Gasteiger partial charge in [-0.1, -0.05) is 36.4 Å². The number of piperidine rings is 1. The molecule has 3 aromatic heterocycles. The van der Waals surface area contributed by atoms with Crippen molar-refractivity contribution in [2.24, 2.45) is 0 Å². The molecular formula is C25H23FN4O. The molecule has 4 heterocycles. The van der Waals surface area contributed by atoms with E-state index in [4.69, 9.17) is 4.98 Å². The Hall–Kier alpha value is -3.54. The van der Waals surface area contributed by atoms with Gasteiger partial charge in [0.25, 0.3) is 0 Å². The Morgan fingerprint density at radius 3 is 2.81 bits per heavy atom. The summed E-state index contributed by atoms with van der Waals surface area (Å²) < 4.78 is 15.5. The number of rotatable bonds is 4. The lowest BCUT2D eigenvalue weighted by Gasteiger charge is -2.32. The predicted octanol–water partition coefficient (Wildman–Crippen LogP) is 4.48. The van der Waals surface area contributed by atoms with Crippen LogP contribution >= 0.6 is 0 Å². The van der Waals surface area contributed by atoms with E-state index >= 15 is 0 Å². The minimum atomic E-state index is -0.317. The highest BCUT2D eigenvalue weighted by Crippen LogP contribution is 2.28. The molecule has 0 saturated carbocycles. The van der Waals surface area contributed by atoms with Gasteiger partial charge in [-0.3, -0.25) is 14.2 Å². The van der Waals surface area contributed by atoms with E-state index in [0.29, 0.717) is 18.6 Å². The summed E-state index contributed by atoms with van der Waals surface area (Å²) in [4.78, 5) is 24.0. The lowest BCUT2D eigenvalue weighted by atomic mass is 9.93. The number of aromatic nitrogens is 3. The van der Waals surface area contributed by atoms with Crippen LogP contribution in [0.5, 0.6) is 0 Å². The molecule has 0 aliphatic carbocycles. The summed E-state index contributed by atoms with van der Waals surface area (Å²) in [6.07, 6.45) is 5.52. The first-order chi connectivity index (χ1) is 15.2. The maximum atomic E-state index is 13.7. The van der Waals surface area contributed by atoms with Crippen LogP contribution in [0.4, 0.5) is 4.39 Å². The largest absolute Gasteiger partial charge is 0.342 e. The molecular weight excluding hydrogens is 391 g/mol. The summed E-state index contributed by atoms with van der Waals surface area (Å²) in [5.74, 6) is 0.0245. The van der Waals surface area contributed by atoms with Crippen molar-refractivity contribution in [1.82, 2.24) is 19.3 Å². The Morgan fingerprint density at radius 2 is 1.94 bits per heavy atom. The maximum absolute atomic E-state index is 13.7. The Kier molecular flexibility index (Phi) is 5.20. The van der Waals surface area contributed by atoms with Gasteiger partial charge in [-0.05, 0) is 42.7 Å². The molecule has 4 aromatic rings. The number of carbonyl (C=O) groups excluding carboxylic acids is 1. The number of fused-ring (bicyclic) bond motifs is 1. The number of carbonyl (C=O) groups is 1. The first-order valence-corrected chi connectivity index (χ1v) is 10.6. The molecule has 1 aliphatic rings. The number of hydrogen-bond acceptors (Lipinski definition) is 3. The molecule has 1 atom stereocenters. The maximum Gasteiger partial charge on any atom is 0.227 e. The van der Waals surface area contributed by atoms with Gasteiger partial charge in [0.2, 0.25) is 5.91 Å². The zero-order valence-electron chi connectivity index (χ0n) is 17.1. The molecule has 5 rings (SSSR count). The molecule has 1 amide bonds. The monoisotopic (exact) mass is 414 g/mol. The van der Waals surface area contributed by atoms with E-state index < -0.39 is 0 Å². The van der Waals surface area contributed by atoms with Gasteiger partial charge < -0.3 is 4.90 Å². The molecule has 1 aliphatic heterocycles. The lowest BCUT2D eigenvalue weighted by molar-refractivity contribution is -0.131. The van der Waals surface area contributed by atoms with E-state index in [1.165, 1.54) is 12.3 Å². The number of nitrogens with zero attached hydrogens (tertiary/aromatic N) is 4. The molecule has 31 heavy (non-hydrogen) atoms. The van der Waals surface area contributed by atoms with Gasteiger partial charge in [0.05, 0.1) is 24.0 Å².